The number of hydrogen-bond donors (Lipinski definition) is 1. The lowest BCUT2D eigenvalue weighted by atomic mass is 10.1. The van der Waals surface area contributed by atoms with Gasteiger partial charge >= 0.3 is 5.97 Å². The molecular weight excluding hydrogens is 196 g/mol. The minimum Gasteiger partial charge on any atom is -0.469 e. The fraction of sp³-hybridized carbons (Fsp3) is 0.600. The van der Waals surface area contributed by atoms with Gasteiger partial charge in [-0.2, -0.15) is 0 Å². The van der Waals surface area contributed by atoms with Crippen LogP contribution in [0.15, 0.2) is 12.7 Å². The van der Waals surface area contributed by atoms with E-state index in [0.717, 1.165) is 6.54 Å². The molecule has 1 N–H and O–H groups in total. The van der Waals surface area contributed by atoms with E-state index in [1.807, 2.05) is 4.90 Å². The van der Waals surface area contributed by atoms with Crippen LogP contribution in [0.1, 0.15) is 6.42 Å². The molecule has 1 heterocycles. The number of carbonyl (C=O) groups excluding carboxylic acids is 2. The van der Waals surface area contributed by atoms with E-state index in [0.29, 0.717) is 13.1 Å². The summed E-state index contributed by atoms with van der Waals surface area (Å²) in [6.07, 6.45) is 1.82. The molecule has 1 amide bonds. The second-order valence-electron chi connectivity index (χ2n) is 3.37. The van der Waals surface area contributed by atoms with Crippen LogP contribution in [0.25, 0.3) is 0 Å². The van der Waals surface area contributed by atoms with E-state index in [2.05, 4.69) is 16.6 Å². The van der Waals surface area contributed by atoms with Gasteiger partial charge in [-0.1, -0.05) is 6.08 Å². The first-order chi connectivity index (χ1) is 7.19. The minimum atomic E-state index is -0.427. The maximum absolute atomic E-state index is 11.5. The molecule has 0 spiro atoms. The van der Waals surface area contributed by atoms with Crippen molar-refractivity contribution in [1.82, 2.24) is 10.2 Å². The Hall–Kier alpha value is -1.36. The first-order valence-electron chi connectivity index (χ1n) is 4.88. The van der Waals surface area contributed by atoms with Crippen molar-refractivity contribution in [2.45, 2.75) is 12.5 Å². The number of hydrogen-bond acceptors (Lipinski definition) is 4. The molecule has 0 saturated carbocycles. The fourth-order valence-corrected chi connectivity index (χ4v) is 1.61. The van der Waals surface area contributed by atoms with Crippen LogP contribution >= 0.6 is 0 Å². The third-order valence-electron chi connectivity index (χ3n) is 2.39. The van der Waals surface area contributed by atoms with Gasteiger partial charge in [-0.15, -0.1) is 6.58 Å². The zero-order valence-corrected chi connectivity index (χ0v) is 8.86. The maximum Gasteiger partial charge on any atom is 0.307 e. The summed E-state index contributed by atoms with van der Waals surface area (Å²) in [5.74, 6) is -0.486. The third-order valence-corrected chi connectivity index (χ3v) is 2.39. The standard InChI is InChI=1S/C10H16N2O3/c1-3-5-12-6-4-11-10(14)8(12)7-9(13)15-2/h3,8H,1,4-7H2,2H3,(H,11,14)/t8-/m1/s1. The summed E-state index contributed by atoms with van der Waals surface area (Å²) in [6.45, 7) is 5.58. The molecule has 1 fully saturated rings. The summed E-state index contributed by atoms with van der Waals surface area (Å²) < 4.78 is 4.56. The third kappa shape index (κ3) is 3.06. The zero-order valence-electron chi connectivity index (χ0n) is 8.86. The number of amides is 1. The fourth-order valence-electron chi connectivity index (χ4n) is 1.61. The van der Waals surface area contributed by atoms with E-state index in [1.54, 1.807) is 6.08 Å². The molecule has 1 aliphatic rings. The average molecular weight is 212 g/mol. The highest BCUT2D eigenvalue weighted by Gasteiger charge is 2.30. The number of esters is 1. The zero-order chi connectivity index (χ0) is 11.3. The highest BCUT2D eigenvalue weighted by atomic mass is 16.5. The number of piperazine rings is 1. The van der Waals surface area contributed by atoms with Crippen LogP contribution in [0.4, 0.5) is 0 Å². The molecular formula is C10H16N2O3. The van der Waals surface area contributed by atoms with Crippen molar-refractivity contribution in [3.8, 4) is 0 Å². The van der Waals surface area contributed by atoms with Crippen LogP contribution in [0, 0.1) is 0 Å². The van der Waals surface area contributed by atoms with Crippen LogP contribution in [0.2, 0.25) is 0 Å². The van der Waals surface area contributed by atoms with Crippen molar-refractivity contribution in [2.24, 2.45) is 0 Å². The van der Waals surface area contributed by atoms with Gasteiger partial charge in [0.05, 0.1) is 19.6 Å². The van der Waals surface area contributed by atoms with Crippen molar-refractivity contribution in [3.05, 3.63) is 12.7 Å². The average Bonchev–Trinajstić information content (AvgIpc) is 2.23. The molecule has 1 atom stereocenters. The molecule has 84 valence electrons. The lowest BCUT2D eigenvalue weighted by molar-refractivity contribution is -0.145. The molecule has 1 rings (SSSR count). The summed E-state index contributed by atoms with van der Waals surface area (Å²) >= 11 is 0. The molecule has 0 radical (unpaired) electrons. The van der Waals surface area contributed by atoms with Gasteiger partial charge in [0.2, 0.25) is 5.91 Å². The Labute approximate surface area is 89.1 Å². The van der Waals surface area contributed by atoms with E-state index in [-0.39, 0.29) is 18.3 Å². The van der Waals surface area contributed by atoms with Crippen molar-refractivity contribution in [3.63, 3.8) is 0 Å². The predicted molar refractivity (Wildman–Crippen MR) is 55.2 cm³/mol. The van der Waals surface area contributed by atoms with Crippen LogP contribution in [0.3, 0.4) is 0 Å². The van der Waals surface area contributed by atoms with E-state index in [1.165, 1.54) is 7.11 Å². The largest absolute Gasteiger partial charge is 0.469 e. The monoisotopic (exact) mass is 212 g/mol. The lowest BCUT2D eigenvalue weighted by Gasteiger charge is -2.33. The highest BCUT2D eigenvalue weighted by Crippen LogP contribution is 2.09. The van der Waals surface area contributed by atoms with Gasteiger partial charge in [-0.25, -0.2) is 0 Å². The van der Waals surface area contributed by atoms with Gasteiger partial charge in [-0.3, -0.25) is 14.5 Å². The van der Waals surface area contributed by atoms with Crippen LogP contribution in [-0.4, -0.2) is 49.6 Å². The van der Waals surface area contributed by atoms with Gasteiger partial charge in [0.15, 0.2) is 0 Å². The van der Waals surface area contributed by atoms with Crippen molar-refractivity contribution in [2.75, 3.05) is 26.7 Å². The highest BCUT2D eigenvalue weighted by molar-refractivity contribution is 5.87. The van der Waals surface area contributed by atoms with Crippen LogP contribution in [-0.2, 0) is 14.3 Å². The smallest absolute Gasteiger partial charge is 0.307 e. The van der Waals surface area contributed by atoms with Gasteiger partial charge < -0.3 is 10.1 Å². The van der Waals surface area contributed by atoms with E-state index < -0.39 is 6.04 Å². The summed E-state index contributed by atoms with van der Waals surface area (Å²) in [5.41, 5.74) is 0. The minimum absolute atomic E-state index is 0.0934. The number of rotatable bonds is 4. The predicted octanol–water partition coefficient (Wildman–Crippen LogP) is -0.464. The number of ether oxygens (including phenoxy) is 1. The number of methoxy groups -OCH3 is 1. The quantitative estimate of drug-likeness (QED) is 0.506. The molecule has 0 aromatic heterocycles. The van der Waals surface area contributed by atoms with E-state index in [4.69, 9.17) is 0 Å². The van der Waals surface area contributed by atoms with Gasteiger partial charge in [-0.05, 0) is 0 Å². The number of carbonyl (C=O) groups is 2. The number of nitrogens with zero attached hydrogens (tertiary/aromatic N) is 1. The van der Waals surface area contributed by atoms with Crippen molar-refractivity contribution >= 4 is 11.9 Å². The van der Waals surface area contributed by atoms with Crippen LogP contribution < -0.4 is 5.32 Å². The van der Waals surface area contributed by atoms with E-state index >= 15 is 0 Å². The molecule has 0 aromatic rings. The SMILES string of the molecule is C=CCN1CCNC(=O)[C@H]1CC(=O)OC. The maximum atomic E-state index is 11.5. The summed E-state index contributed by atoms with van der Waals surface area (Å²) in [7, 11) is 1.32. The second kappa shape index (κ2) is 5.50. The molecule has 1 saturated heterocycles. The molecule has 0 aromatic carbocycles. The number of nitrogens with one attached hydrogen (secondary N) is 1. The molecule has 5 heteroatoms. The van der Waals surface area contributed by atoms with Gasteiger partial charge in [0.1, 0.15) is 0 Å². The normalized spacial score (nSPS) is 21.9. The molecule has 5 nitrogen and oxygen atoms in total. The Kier molecular flexibility index (Phi) is 4.30. The van der Waals surface area contributed by atoms with Crippen LogP contribution in [0.5, 0.6) is 0 Å². The van der Waals surface area contributed by atoms with Gasteiger partial charge in [0, 0.05) is 19.6 Å². The topological polar surface area (TPSA) is 58.6 Å². The Morgan fingerprint density at radius 2 is 2.53 bits per heavy atom. The molecule has 0 unspecified atom stereocenters. The van der Waals surface area contributed by atoms with Crippen molar-refractivity contribution < 1.29 is 14.3 Å². The Morgan fingerprint density at radius 3 is 3.13 bits per heavy atom. The lowest BCUT2D eigenvalue weighted by Crippen LogP contribution is -2.55. The molecule has 1 aliphatic heterocycles. The first-order valence-corrected chi connectivity index (χ1v) is 4.88. The van der Waals surface area contributed by atoms with Gasteiger partial charge in [0.25, 0.3) is 0 Å². The summed E-state index contributed by atoms with van der Waals surface area (Å²) in [6, 6.07) is -0.427. The molecule has 0 bridgehead atoms. The molecule has 0 aliphatic carbocycles. The Bertz CT molecular complexity index is 265. The first kappa shape index (κ1) is 11.7. The van der Waals surface area contributed by atoms with Crippen molar-refractivity contribution in [1.29, 1.82) is 0 Å². The second-order valence-corrected chi connectivity index (χ2v) is 3.37. The summed E-state index contributed by atoms with van der Waals surface area (Å²) in [5, 5.41) is 2.73. The molecule has 15 heavy (non-hydrogen) atoms. The summed E-state index contributed by atoms with van der Waals surface area (Å²) in [4.78, 5) is 24.6. The van der Waals surface area contributed by atoms with E-state index in [9.17, 15) is 9.59 Å². The Balaban J connectivity index is 2.63. The Morgan fingerprint density at radius 1 is 1.80 bits per heavy atom.